The molecule has 0 unspecified atom stereocenters. The summed E-state index contributed by atoms with van der Waals surface area (Å²) in [4.78, 5) is 24.0. The second-order valence-electron chi connectivity index (χ2n) is 7.08. The summed E-state index contributed by atoms with van der Waals surface area (Å²) >= 11 is 21.4. The molecule has 0 saturated heterocycles. The highest BCUT2D eigenvalue weighted by Gasteiger charge is 2.13. The summed E-state index contributed by atoms with van der Waals surface area (Å²) in [6, 6.07) is 15.1. The number of hydrogen-bond donors (Lipinski definition) is 2. The summed E-state index contributed by atoms with van der Waals surface area (Å²) in [5.41, 5.74) is 4.24. The standard InChI is InChI=1S/C24H19BrCl3N3O4/c1-34-21-9-14(8-19(25)24(21)35-13-15-2-3-17(27)10-20(15)28)12-29-31-23(33)11-22(32)30-18-6-4-16(26)5-7-18/h2-10,12H,11,13H2,1H3,(H,30,32)(H,31,33). The molecule has 3 aromatic rings. The Bertz CT molecular complexity index is 1250. The van der Waals surface area contributed by atoms with Crippen molar-refractivity contribution >= 4 is 74.4 Å². The van der Waals surface area contributed by atoms with E-state index in [0.29, 0.717) is 42.3 Å². The molecule has 0 radical (unpaired) electrons. The minimum atomic E-state index is -0.571. The Kier molecular flexibility index (Phi) is 9.80. The number of anilines is 1. The van der Waals surface area contributed by atoms with E-state index in [4.69, 9.17) is 44.3 Å². The second kappa shape index (κ2) is 12.8. The highest BCUT2D eigenvalue weighted by atomic mass is 79.9. The van der Waals surface area contributed by atoms with Crippen LogP contribution in [0.4, 0.5) is 5.69 Å². The van der Waals surface area contributed by atoms with Gasteiger partial charge in [0.1, 0.15) is 13.0 Å². The zero-order valence-corrected chi connectivity index (χ0v) is 22.1. The molecule has 0 spiro atoms. The number of hydrazone groups is 1. The first kappa shape index (κ1) is 26.8. The van der Waals surface area contributed by atoms with E-state index in [2.05, 4.69) is 31.8 Å². The van der Waals surface area contributed by atoms with Crippen molar-refractivity contribution in [2.45, 2.75) is 13.0 Å². The van der Waals surface area contributed by atoms with Crippen molar-refractivity contribution in [2.75, 3.05) is 12.4 Å². The number of amides is 2. The van der Waals surface area contributed by atoms with Gasteiger partial charge in [-0.1, -0.05) is 40.9 Å². The first-order valence-electron chi connectivity index (χ1n) is 10.1. The Labute approximate surface area is 225 Å². The molecule has 35 heavy (non-hydrogen) atoms. The molecule has 0 aliphatic rings. The molecule has 3 aromatic carbocycles. The van der Waals surface area contributed by atoms with Gasteiger partial charge in [-0.25, -0.2) is 5.43 Å². The fourth-order valence-corrected chi connectivity index (χ4v) is 4.01. The molecule has 0 aromatic heterocycles. The van der Waals surface area contributed by atoms with Crippen molar-refractivity contribution in [2.24, 2.45) is 5.10 Å². The van der Waals surface area contributed by atoms with Gasteiger partial charge in [0.15, 0.2) is 11.5 Å². The lowest BCUT2D eigenvalue weighted by molar-refractivity contribution is -0.126. The van der Waals surface area contributed by atoms with Gasteiger partial charge in [0.25, 0.3) is 0 Å². The van der Waals surface area contributed by atoms with Crippen LogP contribution in [0.3, 0.4) is 0 Å². The highest BCUT2D eigenvalue weighted by molar-refractivity contribution is 9.10. The molecule has 2 N–H and O–H groups in total. The maximum Gasteiger partial charge on any atom is 0.249 e. The van der Waals surface area contributed by atoms with Crippen LogP contribution in [0.1, 0.15) is 17.5 Å². The fraction of sp³-hybridized carbons (Fsp3) is 0.125. The molecule has 0 heterocycles. The van der Waals surface area contributed by atoms with Crippen LogP contribution in [-0.4, -0.2) is 25.1 Å². The van der Waals surface area contributed by atoms with Gasteiger partial charge in [0.05, 0.1) is 17.8 Å². The van der Waals surface area contributed by atoms with Gasteiger partial charge in [0, 0.05) is 26.3 Å². The molecular formula is C24H19BrCl3N3O4. The number of carbonyl (C=O) groups excluding carboxylic acids is 2. The largest absolute Gasteiger partial charge is 0.493 e. The van der Waals surface area contributed by atoms with E-state index in [0.717, 1.165) is 5.56 Å². The zero-order chi connectivity index (χ0) is 25.4. The maximum absolute atomic E-state index is 12.0. The van der Waals surface area contributed by atoms with E-state index >= 15 is 0 Å². The van der Waals surface area contributed by atoms with Gasteiger partial charge in [-0.15, -0.1) is 0 Å². The van der Waals surface area contributed by atoms with Gasteiger partial charge in [-0.2, -0.15) is 5.10 Å². The lowest BCUT2D eigenvalue weighted by Crippen LogP contribution is -2.24. The molecule has 2 amide bonds. The third-order valence-corrected chi connectivity index (χ3v) is 5.92. The second-order valence-corrected chi connectivity index (χ2v) is 9.22. The normalized spacial score (nSPS) is 10.8. The summed E-state index contributed by atoms with van der Waals surface area (Å²) in [6.45, 7) is 0.201. The summed E-state index contributed by atoms with van der Waals surface area (Å²) < 4.78 is 11.9. The van der Waals surface area contributed by atoms with Gasteiger partial charge in [-0.3, -0.25) is 9.59 Å². The average Bonchev–Trinajstić information content (AvgIpc) is 2.80. The summed E-state index contributed by atoms with van der Waals surface area (Å²) in [5, 5.41) is 8.09. The molecule has 0 atom stereocenters. The monoisotopic (exact) mass is 597 g/mol. The minimum Gasteiger partial charge on any atom is -0.493 e. The molecule has 11 heteroatoms. The maximum atomic E-state index is 12.0. The van der Waals surface area contributed by atoms with Crippen LogP contribution in [0.2, 0.25) is 15.1 Å². The van der Waals surface area contributed by atoms with Crippen LogP contribution < -0.4 is 20.2 Å². The minimum absolute atomic E-state index is 0.201. The molecular weight excluding hydrogens is 581 g/mol. The molecule has 182 valence electrons. The molecule has 7 nitrogen and oxygen atoms in total. The van der Waals surface area contributed by atoms with E-state index in [9.17, 15) is 9.59 Å². The molecule has 0 aliphatic carbocycles. The first-order valence-corrected chi connectivity index (χ1v) is 12.0. The molecule has 3 rings (SSSR count). The number of carbonyl (C=O) groups is 2. The van der Waals surface area contributed by atoms with Crippen LogP contribution in [0, 0.1) is 0 Å². The molecule has 0 saturated carbocycles. The summed E-state index contributed by atoms with van der Waals surface area (Å²) in [5.74, 6) is -0.136. The lowest BCUT2D eigenvalue weighted by atomic mass is 10.2. The van der Waals surface area contributed by atoms with Gasteiger partial charge in [-0.05, 0) is 70.0 Å². The van der Waals surface area contributed by atoms with Gasteiger partial charge < -0.3 is 14.8 Å². The number of methoxy groups -OCH3 is 1. The molecule has 0 bridgehead atoms. The van der Waals surface area contributed by atoms with Gasteiger partial charge in [0.2, 0.25) is 11.8 Å². The quantitative estimate of drug-likeness (QED) is 0.168. The van der Waals surface area contributed by atoms with Crippen LogP contribution in [0.15, 0.2) is 64.2 Å². The number of nitrogens with zero attached hydrogens (tertiary/aromatic N) is 1. The average molecular weight is 600 g/mol. The SMILES string of the molecule is COc1cc(C=NNC(=O)CC(=O)Nc2ccc(Cl)cc2)cc(Br)c1OCc1ccc(Cl)cc1Cl. The fourth-order valence-electron chi connectivity index (χ4n) is 2.85. The highest BCUT2D eigenvalue weighted by Crippen LogP contribution is 2.37. The number of rotatable bonds is 9. The van der Waals surface area contributed by atoms with Crippen molar-refractivity contribution in [3.63, 3.8) is 0 Å². The predicted molar refractivity (Wildman–Crippen MR) is 142 cm³/mol. The van der Waals surface area contributed by atoms with Gasteiger partial charge >= 0.3 is 0 Å². The number of nitrogens with one attached hydrogen (secondary N) is 2. The predicted octanol–water partition coefficient (Wildman–Crippen LogP) is 6.48. The Hall–Kier alpha value is -2.78. The summed E-state index contributed by atoms with van der Waals surface area (Å²) in [7, 11) is 1.51. The molecule has 0 fully saturated rings. The van der Waals surface area contributed by atoms with Crippen molar-refractivity contribution in [1.29, 1.82) is 0 Å². The first-order chi connectivity index (χ1) is 16.7. The third kappa shape index (κ3) is 8.14. The number of halogens is 4. The van der Waals surface area contributed by atoms with Crippen molar-refractivity contribution in [1.82, 2.24) is 5.43 Å². The Morgan fingerprint density at radius 1 is 1.00 bits per heavy atom. The third-order valence-electron chi connectivity index (χ3n) is 4.49. The summed E-state index contributed by atoms with van der Waals surface area (Å²) in [6.07, 6.45) is 1.02. The van der Waals surface area contributed by atoms with E-state index in [1.165, 1.54) is 13.3 Å². The lowest BCUT2D eigenvalue weighted by Gasteiger charge is -2.14. The van der Waals surface area contributed by atoms with Crippen molar-refractivity contribution in [3.8, 4) is 11.5 Å². The number of ether oxygens (including phenoxy) is 2. The Balaban J connectivity index is 1.57. The smallest absolute Gasteiger partial charge is 0.249 e. The van der Waals surface area contributed by atoms with Crippen LogP contribution in [0.25, 0.3) is 0 Å². The zero-order valence-electron chi connectivity index (χ0n) is 18.3. The van der Waals surface area contributed by atoms with Crippen LogP contribution in [0.5, 0.6) is 11.5 Å². The number of benzene rings is 3. The number of hydrogen-bond acceptors (Lipinski definition) is 5. The van der Waals surface area contributed by atoms with E-state index in [-0.39, 0.29) is 6.61 Å². The van der Waals surface area contributed by atoms with Crippen LogP contribution in [-0.2, 0) is 16.2 Å². The van der Waals surface area contributed by atoms with Crippen molar-refractivity contribution < 1.29 is 19.1 Å². The molecule has 0 aliphatic heterocycles. The Morgan fingerprint density at radius 2 is 1.71 bits per heavy atom. The van der Waals surface area contributed by atoms with E-state index in [1.807, 2.05) is 0 Å². The van der Waals surface area contributed by atoms with E-state index in [1.54, 1.807) is 54.6 Å². The topological polar surface area (TPSA) is 89.0 Å². The Morgan fingerprint density at radius 3 is 2.40 bits per heavy atom. The van der Waals surface area contributed by atoms with Crippen LogP contribution >= 0.6 is 50.7 Å². The van der Waals surface area contributed by atoms with E-state index < -0.39 is 18.2 Å². The van der Waals surface area contributed by atoms with Crippen molar-refractivity contribution in [3.05, 3.63) is 85.3 Å².